The summed E-state index contributed by atoms with van der Waals surface area (Å²) in [6, 6.07) is 6.08. The van der Waals surface area contributed by atoms with E-state index in [1.54, 1.807) is 30.3 Å². The molecule has 0 saturated heterocycles. The van der Waals surface area contributed by atoms with E-state index in [-0.39, 0.29) is 13.0 Å². The minimum absolute atomic E-state index is 0.194. The first-order valence-electron chi connectivity index (χ1n) is 6.02. The molecule has 0 aliphatic rings. The molecule has 0 heterocycles. The second kappa shape index (κ2) is 7.56. The van der Waals surface area contributed by atoms with Crippen LogP contribution in [0, 0.1) is 0 Å². The van der Waals surface area contributed by atoms with Crippen molar-refractivity contribution in [3.8, 4) is 5.75 Å². The van der Waals surface area contributed by atoms with Crippen molar-refractivity contribution >= 4 is 5.97 Å². The molecule has 0 aliphatic carbocycles. The van der Waals surface area contributed by atoms with Crippen molar-refractivity contribution in [3.63, 3.8) is 0 Å². The second-order valence-electron chi connectivity index (χ2n) is 4.28. The number of ether oxygens (including phenoxy) is 1. The Morgan fingerprint density at radius 2 is 2.05 bits per heavy atom. The zero-order chi connectivity index (χ0) is 14.3. The summed E-state index contributed by atoms with van der Waals surface area (Å²) in [5.74, 6) is -0.399. The highest BCUT2D eigenvalue weighted by Gasteiger charge is 2.11. The number of carbonyl (C=O) groups is 1. The fraction of sp³-hybridized carbons (Fsp3) is 0.357. The molecule has 0 fully saturated rings. The topological polar surface area (TPSA) is 92.8 Å². The lowest BCUT2D eigenvalue weighted by molar-refractivity contribution is -0.138. The van der Waals surface area contributed by atoms with Crippen LogP contribution in [0.25, 0.3) is 0 Å². The minimum atomic E-state index is -1.02. The summed E-state index contributed by atoms with van der Waals surface area (Å²) in [6.45, 7) is 3.73. The normalized spacial score (nSPS) is 13.6. The molecular formula is C14H19NO4. The van der Waals surface area contributed by atoms with Crippen LogP contribution in [0.3, 0.4) is 0 Å². The largest absolute Gasteiger partial charge is 0.491 e. The van der Waals surface area contributed by atoms with E-state index in [2.05, 4.69) is 6.58 Å². The molecule has 0 radical (unpaired) electrons. The van der Waals surface area contributed by atoms with Crippen LogP contribution < -0.4 is 10.5 Å². The van der Waals surface area contributed by atoms with Crippen LogP contribution in [0.5, 0.6) is 5.75 Å². The number of carboxylic acids is 1. The van der Waals surface area contributed by atoms with E-state index < -0.39 is 18.1 Å². The Labute approximate surface area is 112 Å². The van der Waals surface area contributed by atoms with Crippen LogP contribution in [0.15, 0.2) is 36.9 Å². The van der Waals surface area contributed by atoms with Crippen molar-refractivity contribution in [2.24, 2.45) is 5.73 Å². The maximum atomic E-state index is 10.6. The van der Waals surface area contributed by atoms with Crippen molar-refractivity contribution in [3.05, 3.63) is 42.5 Å². The van der Waals surface area contributed by atoms with Gasteiger partial charge in [-0.1, -0.05) is 18.2 Å². The molecule has 1 aromatic carbocycles. The first-order chi connectivity index (χ1) is 9.02. The first kappa shape index (κ1) is 15.2. The number of aliphatic hydroxyl groups is 1. The second-order valence-corrected chi connectivity index (χ2v) is 4.28. The molecule has 0 amide bonds. The van der Waals surface area contributed by atoms with Crippen molar-refractivity contribution in [2.75, 3.05) is 6.61 Å². The van der Waals surface area contributed by atoms with Gasteiger partial charge in [0, 0.05) is 0 Å². The molecule has 0 bridgehead atoms. The van der Waals surface area contributed by atoms with Gasteiger partial charge in [0.2, 0.25) is 0 Å². The third-order valence-corrected chi connectivity index (χ3v) is 2.58. The van der Waals surface area contributed by atoms with E-state index in [9.17, 15) is 9.90 Å². The van der Waals surface area contributed by atoms with E-state index in [1.165, 1.54) is 0 Å². The molecule has 2 unspecified atom stereocenters. The number of hydrogen-bond acceptors (Lipinski definition) is 4. The van der Waals surface area contributed by atoms with Crippen molar-refractivity contribution in [2.45, 2.75) is 25.0 Å². The van der Waals surface area contributed by atoms with Crippen LogP contribution in [0.4, 0.5) is 0 Å². The zero-order valence-corrected chi connectivity index (χ0v) is 10.7. The molecule has 19 heavy (non-hydrogen) atoms. The lowest BCUT2D eigenvalue weighted by atomic mass is 10.1. The van der Waals surface area contributed by atoms with Gasteiger partial charge in [0.25, 0.3) is 0 Å². The predicted octanol–water partition coefficient (Wildman–Crippen LogP) is 0.957. The van der Waals surface area contributed by atoms with Crippen LogP contribution in [0.1, 0.15) is 12.0 Å². The third kappa shape index (κ3) is 5.54. The Morgan fingerprint density at radius 3 is 2.58 bits per heavy atom. The van der Waals surface area contributed by atoms with Gasteiger partial charge in [0.1, 0.15) is 18.4 Å². The summed E-state index contributed by atoms with van der Waals surface area (Å²) in [5, 5.41) is 18.2. The van der Waals surface area contributed by atoms with Gasteiger partial charge in [-0.2, -0.15) is 0 Å². The molecule has 4 N–H and O–H groups in total. The first-order valence-corrected chi connectivity index (χ1v) is 6.02. The summed E-state index contributed by atoms with van der Waals surface area (Å²) in [7, 11) is 0. The molecule has 1 aromatic rings. The molecule has 0 aliphatic heterocycles. The average molecular weight is 265 g/mol. The van der Waals surface area contributed by atoms with E-state index in [4.69, 9.17) is 15.6 Å². The molecule has 5 heteroatoms. The number of carboxylic acid groups (broad SMARTS) is 1. The van der Waals surface area contributed by atoms with Gasteiger partial charge in [-0.15, -0.1) is 6.58 Å². The maximum Gasteiger partial charge on any atom is 0.320 e. The zero-order valence-electron chi connectivity index (χ0n) is 10.7. The molecular weight excluding hydrogens is 246 g/mol. The van der Waals surface area contributed by atoms with Gasteiger partial charge in [-0.05, 0) is 30.5 Å². The number of nitrogens with two attached hydrogens (primary N) is 1. The molecule has 0 saturated carbocycles. The standard InChI is InChI=1S/C14H19NO4/c1-2-3-11(16)9-19-12-6-4-10(5-7-12)8-13(15)14(17)18/h2,4-7,11,13,16H,1,3,8-9,15H2,(H,17,18). The maximum absolute atomic E-state index is 10.6. The monoisotopic (exact) mass is 265 g/mol. The van der Waals surface area contributed by atoms with Crippen LogP contribution in [-0.2, 0) is 11.2 Å². The Balaban J connectivity index is 2.47. The van der Waals surface area contributed by atoms with Gasteiger partial charge in [0.15, 0.2) is 0 Å². The molecule has 1 rings (SSSR count). The van der Waals surface area contributed by atoms with Crippen LogP contribution in [0.2, 0.25) is 0 Å². The lowest BCUT2D eigenvalue weighted by Crippen LogP contribution is -2.32. The number of benzene rings is 1. The fourth-order valence-electron chi connectivity index (χ4n) is 1.52. The number of hydrogen-bond donors (Lipinski definition) is 3. The average Bonchev–Trinajstić information content (AvgIpc) is 2.38. The molecule has 5 nitrogen and oxygen atoms in total. The van der Waals surface area contributed by atoms with E-state index in [0.717, 1.165) is 5.56 Å². The predicted molar refractivity (Wildman–Crippen MR) is 72.1 cm³/mol. The number of rotatable bonds is 8. The van der Waals surface area contributed by atoms with Crippen molar-refractivity contribution in [1.29, 1.82) is 0 Å². The molecule has 0 spiro atoms. The van der Waals surface area contributed by atoms with Crippen molar-refractivity contribution in [1.82, 2.24) is 0 Å². The highest BCUT2D eigenvalue weighted by Crippen LogP contribution is 2.14. The Bertz CT molecular complexity index is 416. The number of aliphatic carboxylic acids is 1. The van der Waals surface area contributed by atoms with Gasteiger partial charge < -0.3 is 20.7 Å². The Kier molecular flexibility index (Phi) is 6.05. The summed E-state index contributed by atoms with van der Waals surface area (Å²) in [6.07, 6.45) is 1.81. The smallest absolute Gasteiger partial charge is 0.320 e. The summed E-state index contributed by atoms with van der Waals surface area (Å²) < 4.78 is 5.38. The third-order valence-electron chi connectivity index (χ3n) is 2.58. The minimum Gasteiger partial charge on any atom is -0.491 e. The van der Waals surface area contributed by atoms with Gasteiger partial charge in [0.05, 0.1) is 6.10 Å². The van der Waals surface area contributed by atoms with E-state index in [0.29, 0.717) is 12.2 Å². The van der Waals surface area contributed by atoms with Gasteiger partial charge in [-0.25, -0.2) is 0 Å². The number of aliphatic hydroxyl groups excluding tert-OH is 1. The van der Waals surface area contributed by atoms with Gasteiger partial charge >= 0.3 is 5.97 Å². The molecule has 104 valence electrons. The summed E-state index contributed by atoms with van der Waals surface area (Å²) in [5.41, 5.74) is 6.27. The quantitative estimate of drug-likeness (QED) is 0.609. The highest BCUT2D eigenvalue weighted by molar-refractivity contribution is 5.73. The summed E-state index contributed by atoms with van der Waals surface area (Å²) in [4.78, 5) is 10.6. The fourth-order valence-corrected chi connectivity index (χ4v) is 1.52. The Hall–Kier alpha value is -1.85. The Morgan fingerprint density at radius 1 is 1.42 bits per heavy atom. The molecule has 2 atom stereocenters. The van der Waals surface area contributed by atoms with Crippen LogP contribution >= 0.6 is 0 Å². The lowest BCUT2D eigenvalue weighted by Gasteiger charge is -2.11. The van der Waals surface area contributed by atoms with Gasteiger partial charge in [-0.3, -0.25) is 4.79 Å². The van der Waals surface area contributed by atoms with Crippen molar-refractivity contribution < 1.29 is 19.7 Å². The SMILES string of the molecule is C=CCC(O)COc1ccc(CC(N)C(=O)O)cc1. The molecule has 0 aromatic heterocycles. The highest BCUT2D eigenvalue weighted by atomic mass is 16.5. The van der Waals surface area contributed by atoms with Crippen LogP contribution in [-0.4, -0.2) is 34.9 Å². The van der Waals surface area contributed by atoms with E-state index in [1.807, 2.05) is 0 Å². The summed E-state index contributed by atoms with van der Waals surface area (Å²) >= 11 is 0. The van der Waals surface area contributed by atoms with E-state index >= 15 is 0 Å².